The molecule has 0 saturated carbocycles. The lowest BCUT2D eigenvalue weighted by molar-refractivity contribution is 0.0364. The molecule has 1 aromatic rings. The molecule has 2 fully saturated rings. The number of aliphatic hydroxyl groups excluding tert-OH is 1. The molecule has 0 aromatic heterocycles. The summed E-state index contributed by atoms with van der Waals surface area (Å²) >= 11 is 0. The molecule has 2 heterocycles. The number of aliphatic hydroxyl groups is 1. The number of nitrogens with one attached hydrogen (secondary N) is 1. The van der Waals surface area contributed by atoms with Gasteiger partial charge in [0.25, 0.3) is 0 Å². The molecule has 7 nitrogen and oxygen atoms in total. The smallest absolute Gasteiger partial charge is 0.317 e. The van der Waals surface area contributed by atoms with E-state index >= 15 is 0 Å². The van der Waals surface area contributed by atoms with Gasteiger partial charge in [-0.2, -0.15) is 0 Å². The van der Waals surface area contributed by atoms with E-state index in [1.807, 2.05) is 23.1 Å². The van der Waals surface area contributed by atoms with E-state index in [0.29, 0.717) is 0 Å². The minimum Gasteiger partial charge on any atom is -0.392 e. The number of carbonyl (C=O) groups is 1. The van der Waals surface area contributed by atoms with Gasteiger partial charge < -0.3 is 20.1 Å². The van der Waals surface area contributed by atoms with Crippen molar-refractivity contribution in [3.05, 3.63) is 35.4 Å². The van der Waals surface area contributed by atoms with E-state index in [2.05, 4.69) is 28.1 Å². The normalized spacial score (nSPS) is 20.1. The second kappa shape index (κ2) is 10.8. The molecule has 1 atom stereocenters. The first-order valence-electron chi connectivity index (χ1n) is 10.4. The lowest BCUT2D eigenvalue weighted by Crippen LogP contribution is -2.53. The van der Waals surface area contributed by atoms with E-state index in [9.17, 15) is 9.90 Å². The van der Waals surface area contributed by atoms with Crippen LogP contribution in [-0.4, -0.2) is 90.9 Å². The van der Waals surface area contributed by atoms with Crippen LogP contribution in [0.25, 0.3) is 0 Å². The third-order valence-corrected chi connectivity index (χ3v) is 5.69. The highest BCUT2D eigenvalue weighted by Gasteiger charge is 2.22. The van der Waals surface area contributed by atoms with Gasteiger partial charge in [0.1, 0.15) is 0 Å². The standard InChI is InChI=1S/C21H34N4O3/c1-18(6-7-23-12-14-28-15-13-23)22-21(27)25-10-8-24(9-11-25)16-19-4-2-3-5-20(19)17-26/h2-5,18,26H,6-17H2,1H3,(H,22,27)/t18-/m0/s1. The fourth-order valence-electron chi connectivity index (χ4n) is 3.79. The summed E-state index contributed by atoms with van der Waals surface area (Å²) in [5.74, 6) is 0. The first-order valence-corrected chi connectivity index (χ1v) is 10.4. The number of morpholine rings is 1. The molecule has 2 aliphatic heterocycles. The first kappa shape index (κ1) is 21.0. The summed E-state index contributed by atoms with van der Waals surface area (Å²) in [4.78, 5) is 19.2. The number of urea groups is 1. The summed E-state index contributed by atoms with van der Waals surface area (Å²) in [5.41, 5.74) is 2.15. The van der Waals surface area contributed by atoms with Crippen molar-refractivity contribution in [1.29, 1.82) is 0 Å². The summed E-state index contributed by atoms with van der Waals surface area (Å²) in [6.45, 7) is 10.8. The first-order chi connectivity index (χ1) is 13.7. The van der Waals surface area contributed by atoms with Gasteiger partial charge in [-0.05, 0) is 24.5 Å². The van der Waals surface area contributed by atoms with Crippen molar-refractivity contribution in [3.8, 4) is 0 Å². The van der Waals surface area contributed by atoms with Crippen LogP contribution in [-0.2, 0) is 17.9 Å². The summed E-state index contributed by atoms with van der Waals surface area (Å²) in [5, 5.41) is 12.6. The lowest BCUT2D eigenvalue weighted by Gasteiger charge is -2.35. The largest absolute Gasteiger partial charge is 0.392 e. The molecule has 3 rings (SSSR count). The van der Waals surface area contributed by atoms with Gasteiger partial charge in [-0.15, -0.1) is 0 Å². The monoisotopic (exact) mass is 390 g/mol. The Balaban J connectivity index is 1.37. The highest BCUT2D eigenvalue weighted by atomic mass is 16.5. The van der Waals surface area contributed by atoms with Gasteiger partial charge in [0.05, 0.1) is 19.8 Å². The van der Waals surface area contributed by atoms with Crippen LogP contribution >= 0.6 is 0 Å². The Morgan fingerprint density at radius 3 is 2.43 bits per heavy atom. The van der Waals surface area contributed by atoms with Crippen molar-refractivity contribution in [2.75, 3.05) is 59.0 Å². The zero-order valence-electron chi connectivity index (χ0n) is 17.0. The molecule has 2 aliphatic rings. The highest BCUT2D eigenvalue weighted by molar-refractivity contribution is 5.74. The Morgan fingerprint density at radius 2 is 1.75 bits per heavy atom. The number of hydrogen-bond donors (Lipinski definition) is 2. The summed E-state index contributed by atoms with van der Waals surface area (Å²) in [6, 6.07) is 8.22. The molecule has 2 N–H and O–H groups in total. The molecule has 7 heteroatoms. The van der Waals surface area contributed by atoms with Gasteiger partial charge in [-0.25, -0.2) is 4.79 Å². The SMILES string of the molecule is C[C@@H](CCN1CCOCC1)NC(=O)N1CCN(Cc2ccccc2CO)CC1. The van der Waals surface area contributed by atoms with Crippen LogP contribution in [0.3, 0.4) is 0 Å². The minimum atomic E-state index is 0.0462. The summed E-state index contributed by atoms with van der Waals surface area (Å²) in [6.07, 6.45) is 0.962. The third-order valence-electron chi connectivity index (χ3n) is 5.69. The van der Waals surface area contributed by atoms with Crippen LogP contribution in [0.15, 0.2) is 24.3 Å². The van der Waals surface area contributed by atoms with Crippen LogP contribution in [0.5, 0.6) is 0 Å². The van der Waals surface area contributed by atoms with E-state index in [0.717, 1.165) is 77.6 Å². The van der Waals surface area contributed by atoms with Crippen molar-refractivity contribution < 1.29 is 14.6 Å². The van der Waals surface area contributed by atoms with Gasteiger partial charge in [0, 0.05) is 58.4 Å². The Hall–Kier alpha value is -1.67. The van der Waals surface area contributed by atoms with E-state index < -0.39 is 0 Å². The van der Waals surface area contributed by atoms with Crippen LogP contribution < -0.4 is 5.32 Å². The maximum Gasteiger partial charge on any atom is 0.317 e. The summed E-state index contributed by atoms with van der Waals surface area (Å²) < 4.78 is 5.37. The van der Waals surface area contributed by atoms with E-state index in [1.54, 1.807) is 0 Å². The molecule has 156 valence electrons. The molecule has 1 aromatic carbocycles. The average molecular weight is 391 g/mol. The fourth-order valence-corrected chi connectivity index (χ4v) is 3.79. The van der Waals surface area contributed by atoms with E-state index in [1.165, 1.54) is 5.56 Å². The Kier molecular flexibility index (Phi) is 8.09. The van der Waals surface area contributed by atoms with Gasteiger partial charge in [-0.1, -0.05) is 24.3 Å². The topological polar surface area (TPSA) is 68.3 Å². The second-order valence-corrected chi connectivity index (χ2v) is 7.78. The zero-order valence-corrected chi connectivity index (χ0v) is 17.0. The van der Waals surface area contributed by atoms with Gasteiger partial charge in [0.2, 0.25) is 0 Å². The number of piperazine rings is 1. The van der Waals surface area contributed by atoms with Crippen LogP contribution in [0, 0.1) is 0 Å². The van der Waals surface area contributed by atoms with Gasteiger partial charge >= 0.3 is 6.03 Å². The molecule has 0 unspecified atom stereocenters. The summed E-state index contributed by atoms with van der Waals surface area (Å²) in [7, 11) is 0. The number of rotatable bonds is 7. The predicted molar refractivity (Wildman–Crippen MR) is 109 cm³/mol. The molecule has 2 amide bonds. The molecule has 0 aliphatic carbocycles. The molecule has 28 heavy (non-hydrogen) atoms. The zero-order chi connectivity index (χ0) is 19.8. The van der Waals surface area contributed by atoms with Crippen molar-refractivity contribution in [2.45, 2.75) is 32.5 Å². The fraction of sp³-hybridized carbons (Fsp3) is 0.667. The minimum absolute atomic E-state index is 0.0462. The average Bonchev–Trinajstić information content (AvgIpc) is 2.74. The highest BCUT2D eigenvalue weighted by Crippen LogP contribution is 2.14. The van der Waals surface area contributed by atoms with Crippen LogP contribution in [0.2, 0.25) is 0 Å². The molecule has 0 bridgehead atoms. The number of amides is 2. The Morgan fingerprint density at radius 1 is 1.07 bits per heavy atom. The Labute approximate surface area is 168 Å². The maximum absolute atomic E-state index is 12.6. The number of hydrogen-bond acceptors (Lipinski definition) is 5. The molecular formula is C21H34N4O3. The number of benzene rings is 1. The molecule has 0 radical (unpaired) electrons. The maximum atomic E-state index is 12.6. The number of nitrogens with zero attached hydrogens (tertiary/aromatic N) is 3. The van der Waals surface area contributed by atoms with Gasteiger partial charge in [-0.3, -0.25) is 9.80 Å². The second-order valence-electron chi connectivity index (χ2n) is 7.78. The number of carbonyl (C=O) groups excluding carboxylic acids is 1. The van der Waals surface area contributed by atoms with Crippen molar-refractivity contribution in [2.24, 2.45) is 0 Å². The molecule has 2 saturated heterocycles. The van der Waals surface area contributed by atoms with E-state index in [4.69, 9.17) is 4.74 Å². The Bertz CT molecular complexity index is 613. The van der Waals surface area contributed by atoms with Crippen molar-refractivity contribution in [1.82, 2.24) is 20.0 Å². The lowest BCUT2D eigenvalue weighted by atomic mass is 10.1. The molecular weight excluding hydrogens is 356 g/mol. The predicted octanol–water partition coefficient (Wildman–Crippen LogP) is 1.12. The number of ether oxygens (including phenoxy) is 1. The third kappa shape index (κ3) is 6.17. The van der Waals surface area contributed by atoms with Crippen LogP contribution in [0.4, 0.5) is 4.79 Å². The van der Waals surface area contributed by atoms with Crippen molar-refractivity contribution >= 4 is 6.03 Å². The van der Waals surface area contributed by atoms with Gasteiger partial charge in [0.15, 0.2) is 0 Å². The quantitative estimate of drug-likeness (QED) is 0.730. The van der Waals surface area contributed by atoms with Crippen LogP contribution in [0.1, 0.15) is 24.5 Å². The molecule has 0 spiro atoms. The van der Waals surface area contributed by atoms with Crippen molar-refractivity contribution in [3.63, 3.8) is 0 Å². The van der Waals surface area contributed by atoms with E-state index in [-0.39, 0.29) is 18.7 Å².